The Bertz CT molecular complexity index is 562. The van der Waals surface area contributed by atoms with Crippen LogP contribution in [-0.4, -0.2) is 35.1 Å². The first-order valence-corrected chi connectivity index (χ1v) is 5.90. The van der Waals surface area contributed by atoms with E-state index in [9.17, 15) is 4.79 Å². The molecule has 6 heteroatoms. The van der Waals surface area contributed by atoms with Crippen LogP contribution >= 0.6 is 0 Å². The zero-order valence-electron chi connectivity index (χ0n) is 11.0. The molecule has 2 aromatic rings. The van der Waals surface area contributed by atoms with E-state index in [4.69, 9.17) is 5.73 Å². The van der Waals surface area contributed by atoms with Crippen molar-refractivity contribution < 1.29 is 4.79 Å². The van der Waals surface area contributed by atoms with Crippen molar-refractivity contribution >= 4 is 17.3 Å². The van der Waals surface area contributed by atoms with Gasteiger partial charge < -0.3 is 16.0 Å². The number of nitrogen functional groups attached to an aromatic ring is 1. The van der Waals surface area contributed by atoms with Crippen molar-refractivity contribution in [2.45, 2.75) is 6.54 Å². The highest BCUT2D eigenvalue weighted by Gasteiger charge is 2.09. The number of rotatable bonds is 4. The van der Waals surface area contributed by atoms with Crippen molar-refractivity contribution in [2.75, 3.05) is 25.1 Å². The maximum absolute atomic E-state index is 11.8. The Hall–Kier alpha value is -2.50. The monoisotopic (exact) mass is 259 g/mol. The summed E-state index contributed by atoms with van der Waals surface area (Å²) in [6.45, 7) is 0.627. The molecule has 100 valence electrons. The Morgan fingerprint density at radius 3 is 2.84 bits per heavy atom. The van der Waals surface area contributed by atoms with Crippen LogP contribution in [0.5, 0.6) is 0 Å². The predicted octanol–water partition coefficient (Wildman–Crippen LogP) is 1.31. The summed E-state index contributed by atoms with van der Waals surface area (Å²) in [4.78, 5) is 13.3. The van der Waals surface area contributed by atoms with E-state index in [1.165, 1.54) is 4.90 Å². The molecular formula is C13H17N5O. The standard InChI is InChI=1S/C13H17N5O/c1-18(2)13(19)10-3-4-12(11(14)5-10)15-6-9-7-16-17-8-9/h3-5,7-8,15H,6,14H2,1-2H3,(H,16,17). The first kappa shape index (κ1) is 12.9. The average molecular weight is 259 g/mol. The SMILES string of the molecule is CN(C)C(=O)c1ccc(NCc2cn[nH]c2)c(N)c1. The van der Waals surface area contributed by atoms with Crippen LogP contribution in [0.2, 0.25) is 0 Å². The minimum absolute atomic E-state index is 0.0620. The van der Waals surface area contributed by atoms with Crippen molar-refractivity contribution in [3.63, 3.8) is 0 Å². The largest absolute Gasteiger partial charge is 0.397 e. The minimum Gasteiger partial charge on any atom is -0.397 e. The number of aromatic amines is 1. The van der Waals surface area contributed by atoms with Crippen LogP contribution in [0.25, 0.3) is 0 Å². The minimum atomic E-state index is -0.0620. The average Bonchev–Trinajstić information content (AvgIpc) is 2.89. The Labute approximate surface area is 111 Å². The molecule has 0 unspecified atom stereocenters. The zero-order valence-corrected chi connectivity index (χ0v) is 11.0. The maximum atomic E-state index is 11.8. The molecule has 0 aliphatic rings. The molecule has 0 saturated heterocycles. The van der Waals surface area contributed by atoms with Crippen molar-refractivity contribution in [1.82, 2.24) is 15.1 Å². The molecule has 0 radical (unpaired) electrons. The number of hydrogen-bond donors (Lipinski definition) is 3. The third kappa shape index (κ3) is 3.04. The number of carbonyl (C=O) groups is 1. The summed E-state index contributed by atoms with van der Waals surface area (Å²) in [5.41, 5.74) is 8.91. The van der Waals surface area contributed by atoms with Gasteiger partial charge in [0.2, 0.25) is 0 Å². The van der Waals surface area contributed by atoms with E-state index >= 15 is 0 Å². The van der Waals surface area contributed by atoms with Gasteiger partial charge in [-0.25, -0.2) is 0 Å². The molecule has 0 spiro atoms. The van der Waals surface area contributed by atoms with E-state index < -0.39 is 0 Å². The van der Waals surface area contributed by atoms with Crippen LogP contribution in [0, 0.1) is 0 Å². The Morgan fingerprint density at radius 1 is 1.47 bits per heavy atom. The van der Waals surface area contributed by atoms with Crippen molar-refractivity contribution in [2.24, 2.45) is 0 Å². The van der Waals surface area contributed by atoms with Gasteiger partial charge >= 0.3 is 0 Å². The molecule has 1 amide bonds. The normalized spacial score (nSPS) is 10.2. The number of aromatic nitrogens is 2. The van der Waals surface area contributed by atoms with E-state index in [2.05, 4.69) is 15.5 Å². The van der Waals surface area contributed by atoms with Gasteiger partial charge in [-0.1, -0.05) is 0 Å². The fourth-order valence-electron chi connectivity index (χ4n) is 1.69. The third-order valence-electron chi connectivity index (χ3n) is 2.74. The zero-order chi connectivity index (χ0) is 13.8. The summed E-state index contributed by atoms with van der Waals surface area (Å²) in [5, 5.41) is 9.81. The third-order valence-corrected chi connectivity index (χ3v) is 2.74. The van der Waals surface area contributed by atoms with E-state index in [1.807, 2.05) is 12.3 Å². The second kappa shape index (κ2) is 5.43. The second-order valence-electron chi connectivity index (χ2n) is 4.46. The molecule has 1 heterocycles. The predicted molar refractivity (Wildman–Crippen MR) is 74.8 cm³/mol. The van der Waals surface area contributed by atoms with Crippen LogP contribution in [-0.2, 0) is 6.54 Å². The van der Waals surface area contributed by atoms with Gasteiger partial charge in [0.25, 0.3) is 5.91 Å². The molecule has 0 atom stereocenters. The lowest BCUT2D eigenvalue weighted by Crippen LogP contribution is -2.21. The number of hydrogen-bond acceptors (Lipinski definition) is 4. The molecule has 0 aliphatic heterocycles. The number of H-pyrrole nitrogens is 1. The Balaban J connectivity index is 2.09. The summed E-state index contributed by atoms with van der Waals surface area (Å²) >= 11 is 0. The van der Waals surface area contributed by atoms with Gasteiger partial charge in [0.15, 0.2) is 0 Å². The summed E-state index contributed by atoms with van der Waals surface area (Å²) in [6.07, 6.45) is 3.56. The van der Waals surface area contributed by atoms with Gasteiger partial charge in [0.1, 0.15) is 0 Å². The second-order valence-corrected chi connectivity index (χ2v) is 4.46. The molecule has 0 fully saturated rings. The summed E-state index contributed by atoms with van der Waals surface area (Å²) < 4.78 is 0. The molecular weight excluding hydrogens is 242 g/mol. The molecule has 0 bridgehead atoms. The number of carbonyl (C=O) groups excluding carboxylic acids is 1. The number of nitrogens with one attached hydrogen (secondary N) is 2. The van der Waals surface area contributed by atoms with E-state index in [0.29, 0.717) is 17.8 Å². The first-order chi connectivity index (χ1) is 9.08. The van der Waals surface area contributed by atoms with Crippen molar-refractivity contribution in [1.29, 1.82) is 0 Å². The number of nitrogens with two attached hydrogens (primary N) is 1. The Morgan fingerprint density at radius 2 is 2.26 bits per heavy atom. The topological polar surface area (TPSA) is 87.0 Å². The number of nitrogens with zero attached hydrogens (tertiary/aromatic N) is 2. The van der Waals surface area contributed by atoms with E-state index in [-0.39, 0.29) is 5.91 Å². The molecule has 1 aromatic heterocycles. The number of benzene rings is 1. The van der Waals surface area contributed by atoms with Gasteiger partial charge in [-0.3, -0.25) is 9.89 Å². The van der Waals surface area contributed by atoms with Crippen LogP contribution in [0.15, 0.2) is 30.6 Å². The molecule has 0 aliphatic carbocycles. The first-order valence-electron chi connectivity index (χ1n) is 5.90. The smallest absolute Gasteiger partial charge is 0.253 e. The fourth-order valence-corrected chi connectivity index (χ4v) is 1.69. The highest BCUT2D eigenvalue weighted by molar-refractivity contribution is 5.95. The molecule has 0 saturated carbocycles. The summed E-state index contributed by atoms with van der Waals surface area (Å²) in [7, 11) is 3.42. The Kier molecular flexibility index (Phi) is 3.70. The number of amides is 1. The lowest BCUT2D eigenvalue weighted by Gasteiger charge is -2.13. The summed E-state index contributed by atoms with van der Waals surface area (Å²) in [5.74, 6) is -0.0620. The van der Waals surface area contributed by atoms with E-state index in [1.54, 1.807) is 32.4 Å². The van der Waals surface area contributed by atoms with Crippen LogP contribution in [0.4, 0.5) is 11.4 Å². The molecule has 4 N–H and O–H groups in total. The van der Waals surface area contributed by atoms with Gasteiger partial charge in [0, 0.05) is 38.0 Å². The highest BCUT2D eigenvalue weighted by atomic mass is 16.2. The lowest BCUT2D eigenvalue weighted by atomic mass is 10.1. The lowest BCUT2D eigenvalue weighted by molar-refractivity contribution is 0.0827. The van der Waals surface area contributed by atoms with Gasteiger partial charge in [-0.05, 0) is 18.2 Å². The van der Waals surface area contributed by atoms with Crippen molar-refractivity contribution in [3.05, 3.63) is 41.7 Å². The maximum Gasteiger partial charge on any atom is 0.253 e. The van der Waals surface area contributed by atoms with Gasteiger partial charge in [-0.15, -0.1) is 0 Å². The van der Waals surface area contributed by atoms with E-state index in [0.717, 1.165) is 11.3 Å². The van der Waals surface area contributed by atoms with Crippen LogP contribution in [0.1, 0.15) is 15.9 Å². The number of anilines is 2. The quantitative estimate of drug-likeness (QED) is 0.722. The van der Waals surface area contributed by atoms with Gasteiger partial charge in [0.05, 0.1) is 17.6 Å². The van der Waals surface area contributed by atoms with Crippen LogP contribution in [0.3, 0.4) is 0 Å². The molecule has 2 rings (SSSR count). The molecule has 6 nitrogen and oxygen atoms in total. The molecule has 1 aromatic carbocycles. The van der Waals surface area contributed by atoms with Gasteiger partial charge in [-0.2, -0.15) is 5.10 Å². The van der Waals surface area contributed by atoms with Crippen molar-refractivity contribution in [3.8, 4) is 0 Å². The molecule has 19 heavy (non-hydrogen) atoms. The fraction of sp³-hybridized carbons (Fsp3) is 0.231. The van der Waals surface area contributed by atoms with Crippen LogP contribution < -0.4 is 11.1 Å². The highest BCUT2D eigenvalue weighted by Crippen LogP contribution is 2.21. The summed E-state index contributed by atoms with van der Waals surface area (Å²) in [6, 6.07) is 5.25.